The van der Waals surface area contributed by atoms with E-state index in [-0.39, 0.29) is 16.9 Å². The maximum Gasteiger partial charge on any atom is 0.167 e. The first kappa shape index (κ1) is 14.3. The van der Waals surface area contributed by atoms with Crippen molar-refractivity contribution in [3.8, 4) is 0 Å². The molecule has 1 rings (SSSR count). The summed E-state index contributed by atoms with van der Waals surface area (Å²) < 4.78 is 14.0. The summed E-state index contributed by atoms with van der Waals surface area (Å²) in [5.41, 5.74) is 0.117. The maximum absolute atomic E-state index is 13.6. The topological polar surface area (TPSA) is 29.1 Å². The van der Waals surface area contributed by atoms with Crippen molar-refractivity contribution in [2.24, 2.45) is 0 Å². The van der Waals surface area contributed by atoms with Gasteiger partial charge < -0.3 is 5.32 Å². The Balaban J connectivity index is 2.62. The highest BCUT2D eigenvalue weighted by Gasteiger charge is 2.15. The molecule has 17 heavy (non-hydrogen) atoms. The summed E-state index contributed by atoms with van der Waals surface area (Å²) in [5.74, 6) is -0.659. The molecule has 2 nitrogen and oxygen atoms in total. The van der Waals surface area contributed by atoms with Crippen LogP contribution in [0.5, 0.6) is 0 Å². The second kappa shape index (κ2) is 5.74. The number of halogens is 2. The Morgan fingerprint density at radius 2 is 2.06 bits per heavy atom. The van der Waals surface area contributed by atoms with E-state index in [1.54, 1.807) is 12.1 Å². The molecule has 94 valence electrons. The smallest absolute Gasteiger partial charge is 0.167 e. The third-order valence-corrected chi connectivity index (χ3v) is 2.87. The lowest BCUT2D eigenvalue weighted by atomic mass is 10.1. The SMILES string of the molecule is CC(C)(C)NCCC(=O)c1cccc(Br)c1F. The van der Waals surface area contributed by atoms with Gasteiger partial charge in [-0.25, -0.2) is 4.39 Å². The zero-order chi connectivity index (χ0) is 13.1. The average Bonchev–Trinajstić information content (AvgIpc) is 2.20. The van der Waals surface area contributed by atoms with Gasteiger partial charge >= 0.3 is 0 Å². The molecule has 1 aromatic carbocycles. The lowest BCUT2D eigenvalue weighted by Crippen LogP contribution is -2.37. The summed E-state index contributed by atoms with van der Waals surface area (Å²) in [5, 5.41) is 3.20. The first-order valence-corrected chi connectivity index (χ1v) is 6.33. The van der Waals surface area contributed by atoms with Crippen molar-refractivity contribution < 1.29 is 9.18 Å². The molecule has 0 atom stereocenters. The van der Waals surface area contributed by atoms with Crippen LogP contribution in [-0.4, -0.2) is 17.9 Å². The van der Waals surface area contributed by atoms with E-state index in [1.165, 1.54) is 6.07 Å². The monoisotopic (exact) mass is 301 g/mol. The molecule has 0 heterocycles. The maximum atomic E-state index is 13.6. The van der Waals surface area contributed by atoms with Gasteiger partial charge in [0.25, 0.3) is 0 Å². The van der Waals surface area contributed by atoms with Gasteiger partial charge in [-0.3, -0.25) is 4.79 Å². The molecule has 0 saturated heterocycles. The highest BCUT2D eigenvalue weighted by atomic mass is 79.9. The predicted molar refractivity (Wildman–Crippen MR) is 70.8 cm³/mol. The summed E-state index contributed by atoms with van der Waals surface area (Å²) in [6.07, 6.45) is 0.296. The number of ketones is 1. The quantitative estimate of drug-likeness (QED) is 0.862. The molecule has 0 amide bonds. The highest BCUT2D eigenvalue weighted by Crippen LogP contribution is 2.19. The van der Waals surface area contributed by atoms with Crippen LogP contribution in [0.15, 0.2) is 22.7 Å². The van der Waals surface area contributed by atoms with Gasteiger partial charge in [-0.2, -0.15) is 0 Å². The molecular weight excluding hydrogens is 285 g/mol. The molecule has 0 aliphatic heterocycles. The van der Waals surface area contributed by atoms with Crippen molar-refractivity contribution in [3.63, 3.8) is 0 Å². The minimum Gasteiger partial charge on any atom is -0.312 e. The van der Waals surface area contributed by atoms with Crippen LogP contribution in [0.3, 0.4) is 0 Å². The van der Waals surface area contributed by atoms with Gasteiger partial charge in [0.15, 0.2) is 5.78 Å². The van der Waals surface area contributed by atoms with Crippen molar-refractivity contribution in [2.45, 2.75) is 32.7 Å². The molecule has 0 aliphatic carbocycles. The Morgan fingerprint density at radius 1 is 1.41 bits per heavy atom. The summed E-state index contributed by atoms with van der Waals surface area (Å²) in [6.45, 7) is 6.62. The van der Waals surface area contributed by atoms with Gasteiger partial charge in [0, 0.05) is 18.5 Å². The summed E-state index contributed by atoms with van der Waals surface area (Å²) >= 11 is 3.07. The van der Waals surface area contributed by atoms with Crippen molar-refractivity contribution in [1.29, 1.82) is 0 Å². The van der Waals surface area contributed by atoms with Crippen LogP contribution >= 0.6 is 15.9 Å². The number of hydrogen-bond donors (Lipinski definition) is 1. The lowest BCUT2D eigenvalue weighted by molar-refractivity contribution is 0.0976. The second-order valence-electron chi connectivity index (χ2n) is 4.95. The molecule has 0 fully saturated rings. The summed E-state index contributed by atoms with van der Waals surface area (Å²) in [4.78, 5) is 11.8. The largest absolute Gasteiger partial charge is 0.312 e. The Bertz CT molecular complexity index is 412. The van der Waals surface area contributed by atoms with Gasteiger partial charge in [-0.1, -0.05) is 6.07 Å². The van der Waals surface area contributed by atoms with E-state index in [4.69, 9.17) is 0 Å². The van der Waals surface area contributed by atoms with Gasteiger partial charge in [0.2, 0.25) is 0 Å². The van der Waals surface area contributed by atoms with Crippen LogP contribution in [-0.2, 0) is 0 Å². The number of carbonyl (C=O) groups excluding carboxylic acids is 1. The average molecular weight is 302 g/mol. The minimum absolute atomic E-state index is 0.0317. The number of rotatable bonds is 4. The molecule has 0 bridgehead atoms. The molecule has 1 aromatic rings. The van der Waals surface area contributed by atoms with Gasteiger partial charge in [0.05, 0.1) is 10.0 Å². The molecule has 0 aromatic heterocycles. The van der Waals surface area contributed by atoms with Crippen molar-refractivity contribution in [1.82, 2.24) is 5.32 Å². The first-order chi connectivity index (χ1) is 7.81. The van der Waals surface area contributed by atoms with E-state index in [9.17, 15) is 9.18 Å². The van der Waals surface area contributed by atoms with Crippen LogP contribution in [0.25, 0.3) is 0 Å². The number of nitrogens with one attached hydrogen (secondary N) is 1. The van der Waals surface area contributed by atoms with Crippen LogP contribution in [0, 0.1) is 5.82 Å². The van der Waals surface area contributed by atoms with Crippen molar-refractivity contribution in [3.05, 3.63) is 34.1 Å². The van der Waals surface area contributed by atoms with Gasteiger partial charge in [-0.15, -0.1) is 0 Å². The van der Waals surface area contributed by atoms with Crippen LogP contribution < -0.4 is 5.32 Å². The first-order valence-electron chi connectivity index (χ1n) is 5.53. The summed E-state index contributed by atoms with van der Waals surface area (Å²) in [7, 11) is 0. The van der Waals surface area contributed by atoms with Crippen LogP contribution in [0.1, 0.15) is 37.6 Å². The Labute approximate surface area is 110 Å². The van der Waals surface area contributed by atoms with E-state index >= 15 is 0 Å². The zero-order valence-electron chi connectivity index (χ0n) is 10.3. The molecule has 0 saturated carbocycles. The van der Waals surface area contributed by atoms with Crippen LogP contribution in [0.2, 0.25) is 0 Å². The Morgan fingerprint density at radius 3 is 2.65 bits per heavy atom. The fourth-order valence-electron chi connectivity index (χ4n) is 1.40. The van der Waals surface area contributed by atoms with Crippen molar-refractivity contribution >= 4 is 21.7 Å². The number of benzene rings is 1. The number of hydrogen-bond acceptors (Lipinski definition) is 2. The lowest BCUT2D eigenvalue weighted by Gasteiger charge is -2.20. The fraction of sp³-hybridized carbons (Fsp3) is 0.462. The molecular formula is C13H17BrFNO. The standard InChI is InChI=1S/C13H17BrFNO/c1-13(2,3)16-8-7-11(17)9-5-4-6-10(14)12(9)15/h4-6,16H,7-8H2,1-3H3. The van der Waals surface area contributed by atoms with Gasteiger partial charge in [0.1, 0.15) is 5.82 Å². The van der Waals surface area contributed by atoms with E-state index in [2.05, 4.69) is 21.2 Å². The highest BCUT2D eigenvalue weighted by molar-refractivity contribution is 9.10. The van der Waals surface area contributed by atoms with Crippen LogP contribution in [0.4, 0.5) is 4.39 Å². The normalized spacial score (nSPS) is 11.6. The Kier molecular flexibility index (Phi) is 4.83. The second-order valence-corrected chi connectivity index (χ2v) is 5.81. The predicted octanol–water partition coefficient (Wildman–Crippen LogP) is 3.55. The molecule has 1 N–H and O–H groups in total. The molecule has 0 unspecified atom stereocenters. The van der Waals surface area contributed by atoms with Crippen molar-refractivity contribution in [2.75, 3.05) is 6.54 Å². The molecule has 0 radical (unpaired) electrons. The number of Topliss-reactive ketones (excluding diaryl/α,β-unsaturated/α-hetero) is 1. The third kappa shape index (κ3) is 4.56. The molecule has 0 spiro atoms. The number of carbonyl (C=O) groups is 1. The molecule has 4 heteroatoms. The summed E-state index contributed by atoms with van der Waals surface area (Å²) in [6, 6.07) is 4.76. The van der Waals surface area contributed by atoms with E-state index < -0.39 is 5.82 Å². The van der Waals surface area contributed by atoms with E-state index in [0.717, 1.165) is 0 Å². The molecule has 0 aliphatic rings. The third-order valence-electron chi connectivity index (χ3n) is 2.26. The zero-order valence-corrected chi connectivity index (χ0v) is 11.9. The van der Waals surface area contributed by atoms with E-state index in [0.29, 0.717) is 17.4 Å². The Hall–Kier alpha value is -0.740. The van der Waals surface area contributed by atoms with Gasteiger partial charge in [-0.05, 0) is 48.8 Å². The minimum atomic E-state index is -0.478. The van der Waals surface area contributed by atoms with E-state index in [1.807, 2.05) is 20.8 Å². The fourth-order valence-corrected chi connectivity index (χ4v) is 1.77.